The number of aliphatic carboxylic acids is 1. The van der Waals surface area contributed by atoms with Gasteiger partial charge in [-0.2, -0.15) is 0 Å². The zero-order valence-corrected chi connectivity index (χ0v) is 14.7. The lowest BCUT2D eigenvalue weighted by atomic mass is 10.2. The molecule has 1 heterocycles. The molecule has 0 aromatic heterocycles. The third-order valence-electron chi connectivity index (χ3n) is 3.70. The Hall–Kier alpha value is -3.13. The molecule has 2 aromatic rings. The Balaban J connectivity index is 1.66. The molecule has 6 nitrogen and oxygen atoms in total. The summed E-state index contributed by atoms with van der Waals surface area (Å²) in [6, 6.07) is 13.0. The SMILES string of the molecule is O=C(O)CN1C(=O)S/C(=C/c2ccc(OCc3ccccc3F)cc2)C1=O. The van der Waals surface area contributed by atoms with E-state index in [-0.39, 0.29) is 17.3 Å². The van der Waals surface area contributed by atoms with Crippen LogP contribution in [-0.2, 0) is 16.2 Å². The van der Waals surface area contributed by atoms with Crippen LogP contribution in [0.3, 0.4) is 0 Å². The fourth-order valence-corrected chi connectivity index (χ4v) is 3.20. The summed E-state index contributed by atoms with van der Waals surface area (Å²) in [6.45, 7) is -0.578. The van der Waals surface area contributed by atoms with Crippen LogP contribution in [0.5, 0.6) is 5.75 Å². The molecule has 0 spiro atoms. The van der Waals surface area contributed by atoms with Crippen molar-refractivity contribution in [2.75, 3.05) is 6.54 Å². The van der Waals surface area contributed by atoms with Gasteiger partial charge in [0.15, 0.2) is 0 Å². The molecule has 0 unspecified atom stereocenters. The Morgan fingerprint density at radius 1 is 1.15 bits per heavy atom. The van der Waals surface area contributed by atoms with E-state index in [4.69, 9.17) is 9.84 Å². The highest BCUT2D eigenvalue weighted by Gasteiger charge is 2.36. The van der Waals surface area contributed by atoms with E-state index in [2.05, 4.69) is 0 Å². The number of carbonyl (C=O) groups excluding carboxylic acids is 2. The van der Waals surface area contributed by atoms with Gasteiger partial charge in [-0.1, -0.05) is 30.3 Å². The minimum Gasteiger partial charge on any atom is -0.489 e. The normalized spacial score (nSPS) is 15.4. The minimum absolute atomic E-state index is 0.0834. The highest BCUT2D eigenvalue weighted by molar-refractivity contribution is 8.18. The molecule has 0 aliphatic carbocycles. The summed E-state index contributed by atoms with van der Waals surface area (Å²) in [7, 11) is 0. The fourth-order valence-electron chi connectivity index (χ4n) is 2.36. The van der Waals surface area contributed by atoms with Gasteiger partial charge in [0, 0.05) is 5.56 Å². The summed E-state index contributed by atoms with van der Waals surface area (Å²) >= 11 is 0.694. The molecule has 0 bridgehead atoms. The van der Waals surface area contributed by atoms with Crippen molar-refractivity contribution in [2.24, 2.45) is 0 Å². The van der Waals surface area contributed by atoms with Crippen LogP contribution in [0.25, 0.3) is 6.08 Å². The van der Waals surface area contributed by atoms with E-state index >= 15 is 0 Å². The topological polar surface area (TPSA) is 83.9 Å². The van der Waals surface area contributed by atoms with Gasteiger partial charge in [0.25, 0.3) is 11.1 Å². The number of nitrogens with zero attached hydrogens (tertiary/aromatic N) is 1. The third-order valence-corrected chi connectivity index (χ3v) is 4.60. The Morgan fingerprint density at radius 2 is 1.85 bits per heavy atom. The van der Waals surface area contributed by atoms with E-state index in [0.717, 1.165) is 0 Å². The van der Waals surface area contributed by atoms with E-state index in [9.17, 15) is 18.8 Å². The maximum atomic E-state index is 13.6. The smallest absolute Gasteiger partial charge is 0.323 e. The van der Waals surface area contributed by atoms with Gasteiger partial charge in [0.2, 0.25) is 0 Å². The monoisotopic (exact) mass is 387 g/mol. The Bertz CT molecular complexity index is 926. The van der Waals surface area contributed by atoms with Crippen LogP contribution in [0.1, 0.15) is 11.1 Å². The van der Waals surface area contributed by atoms with Crippen LogP contribution in [0, 0.1) is 5.82 Å². The van der Waals surface area contributed by atoms with Crippen LogP contribution in [0.15, 0.2) is 53.4 Å². The molecule has 1 aliphatic heterocycles. The summed E-state index contributed by atoms with van der Waals surface area (Å²) in [4.78, 5) is 35.4. The second-order valence-corrected chi connectivity index (χ2v) is 6.60. The summed E-state index contributed by atoms with van der Waals surface area (Å²) in [5.74, 6) is -1.71. The van der Waals surface area contributed by atoms with Crippen LogP contribution < -0.4 is 4.74 Å². The molecule has 0 saturated carbocycles. The van der Waals surface area contributed by atoms with Gasteiger partial charge in [0.1, 0.15) is 24.7 Å². The van der Waals surface area contributed by atoms with Crippen molar-refractivity contribution >= 4 is 35.0 Å². The van der Waals surface area contributed by atoms with E-state index in [1.807, 2.05) is 0 Å². The lowest BCUT2D eigenvalue weighted by molar-refractivity contribution is -0.140. The first kappa shape index (κ1) is 18.7. The van der Waals surface area contributed by atoms with Crippen molar-refractivity contribution in [1.29, 1.82) is 0 Å². The first-order valence-electron chi connectivity index (χ1n) is 7.87. The van der Waals surface area contributed by atoms with Crippen molar-refractivity contribution in [3.63, 3.8) is 0 Å². The second-order valence-electron chi connectivity index (χ2n) is 5.61. The number of rotatable bonds is 6. The molecule has 3 rings (SSSR count). The quantitative estimate of drug-likeness (QED) is 0.764. The fraction of sp³-hybridized carbons (Fsp3) is 0.105. The molecular weight excluding hydrogens is 373 g/mol. The van der Waals surface area contributed by atoms with Crippen LogP contribution in [0.4, 0.5) is 9.18 Å². The molecule has 0 atom stereocenters. The van der Waals surface area contributed by atoms with Crippen LogP contribution in [-0.4, -0.2) is 33.7 Å². The number of imide groups is 1. The molecule has 138 valence electrons. The average Bonchev–Trinajstić information content (AvgIpc) is 2.89. The Kier molecular flexibility index (Phi) is 5.56. The number of carboxylic acid groups (broad SMARTS) is 1. The molecule has 0 radical (unpaired) electrons. The van der Waals surface area contributed by atoms with E-state index in [1.165, 1.54) is 12.1 Å². The molecule has 2 amide bonds. The number of carboxylic acids is 1. The van der Waals surface area contributed by atoms with E-state index < -0.39 is 23.7 Å². The average molecular weight is 387 g/mol. The molecular formula is C19H14FNO5S. The number of ether oxygens (including phenoxy) is 1. The van der Waals surface area contributed by atoms with E-state index in [0.29, 0.717) is 33.5 Å². The van der Waals surface area contributed by atoms with Crippen molar-refractivity contribution < 1.29 is 28.6 Å². The van der Waals surface area contributed by atoms with Crippen molar-refractivity contribution in [3.05, 3.63) is 70.4 Å². The molecule has 8 heteroatoms. The predicted octanol–water partition coefficient (Wildman–Crippen LogP) is 3.53. The van der Waals surface area contributed by atoms with E-state index in [1.54, 1.807) is 42.5 Å². The largest absolute Gasteiger partial charge is 0.489 e. The van der Waals surface area contributed by atoms with Crippen molar-refractivity contribution in [3.8, 4) is 5.75 Å². The zero-order chi connectivity index (χ0) is 19.4. The molecule has 1 N–H and O–H groups in total. The summed E-state index contributed by atoms with van der Waals surface area (Å²) in [6.07, 6.45) is 1.51. The van der Waals surface area contributed by atoms with Crippen molar-refractivity contribution in [1.82, 2.24) is 4.90 Å². The van der Waals surface area contributed by atoms with Gasteiger partial charge >= 0.3 is 5.97 Å². The lowest BCUT2D eigenvalue weighted by Gasteiger charge is -2.08. The first-order chi connectivity index (χ1) is 12.9. The summed E-state index contributed by atoms with van der Waals surface area (Å²) < 4.78 is 19.1. The standard InChI is InChI=1S/C19H14FNO5S/c20-15-4-2-1-3-13(15)11-26-14-7-5-12(6-8-14)9-16-18(24)21(10-17(22)23)19(25)27-16/h1-9H,10-11H2,(H,22,23)/b16-9+. The highest BCUT2D eigenvalue weighted by Crippen LogP contribution is 2.32. The summed E-state index contributed by atoms with van der Waals surface area (Å²) in [5, 5.41) is 8.14. The molecule has 27 heavy (non-hydrogen) atoms. The molecule has 1 saturated heterocycles. The van der Waals surface area contributed by atoms with Gasteiger partial charge in [0.05, 0.1) is 4.91 Å². The number of amides is 2. The van der Waals surface area contributed by atoms with Gasteiger partial charge in [-0.3, -0.25) is 19.3 Å². The maximum absolute atomic E-state index is 13.6. The minimum atomic E-state index is -1.25. The van der Waals surface area contributed by atoms with Gasteiger partial charge in [-0.25, -0.2) is 4.39 Å². The molecule has 1 fully saturated rings. The zero-order valence-electron chi connectivity index (χ0n) is 13.9. The lowest BCUT2D eigenvalue weighted by Crippen LogP contribution is -2.33. The first-order valence-corrected chi connectivity index (χ1v) is 8.69. The number of halogens is 1. The Morgan fingerprint density at radius 3 is 2.52 bits per heavy atom. The van der Waals surface area contributed by atoms with Crippen LogP contribution >= 0.6 is 11.8 Å². The maximum Gasteiger partial charge on any atom is 0.323 e. The molecule has 1 aliphatic rings. The van der Waals surface area contributed by atoms with Gasteiger partial charge < -0.3 is 9.84 Å². The molecule has 2 aromatic carbocycles. The van der Waals surface area contributed by atoms with Crippen molar-refractivity contribution in [2.45, 2.75) is 6.61 Å². The van der Waals surface area contributed by atoms with Crippen LogP contribution in [0.2, 0.25) is 0 Å². The number of thioether (sulfide) groups is 1. The Labute approximate surface area is 158 Å². The number of hydrogen-bond donors (Lipinski definition) is 1. The summed E-state index contributed by atoms with van der Waals surface area (Å²) in [5.41, 5.74) is 1.09. The second kappa shape index (κ2) is 8.05. The number of benzene rings is 2. The number of carbonyl (C=O) groups is 3. The predicted molar refractivity (Wildman–Crippen MR) is 97.5 cm³/mol. The van der Waals surface area contributed by atoms with Gasteiger partial charge in [-0.05, 0) is 41.6 Å². The highest BCUT2D eigenvalue weighted by atomic mass is 32.2. The number of hydrogen-bond acceptors (Lipinski definition) is 5. The van der Waals surface area contributed by atoms with Gasteiger partial charge in [-0.15, -0.1) is 0 Å². The third kappa shape index (κ3) is 4.53.